The number of ether oxygens (including phenoxy) is 1. The van der Waals surface area contributed by atoms with Gasteiger partial charge in [0.2, 0.25) is 0 Å². The first-order chi connectivity index (χ1) is 8.21. The summed E-state index contributed by atoms with van der Waals surface area (Å²) in [5.74, 6) is 0.535. The number of hydrogen-bond donors (Lipinski definition) is 1. The molecule has 0 amide bonds. The van der Waals surface area contributed by atoms with Gasteiger partial charge in [-0.1, -0.05) is 12.8 Å². The summed E-state index contributed by atoms with van der Waals surface area (Å²) in [5.41, 5.74) is 6.35. The van der Waals surface area contributed by atoms with Gasteiger partial charge in [-0.3, -0.25) is 0 Å². The quantitative estimate of drug-likeness (QED) is 0.855. The van der Waals surface area contributed by atoms with Crippen molar-refractivity contribution in [3.63, 3.8) is 0 Å². The van der Waals surface area contributed by atoms with E-state index in [2.05, 4.69) is 0 Å². The Morgan fingerprint density at radius 3 is 2.41 bits per heavy atom. The molecular formula is C14H18FNO. The zero-order valence-corrected chi connectivity index (χ0v) is 9.86. The Kier molecular flexibility index (Phi) is 2.58. The van der Waals surface area contributed by atoms with Crippen LogP contribution in [-0.4, -0.2) is 12.1 Å². The Morgan fingerprint density at radius 2 is 1.82 bits per heavy atom. The molecule has 1 aromatic carbocycles. The van der Waals surface area contributed by atoms with E-state index < -0.39 is 0 Å². The monoisotopic (exact) mass is 235 g/mol. The van der Waals surface area contributed by atoms with Crippen molar-refractivity contribution in [2.45, 2.75) is 44.2 Å². The van der Waals surface area contributed by atoms with Crippen LogP contribution < -0.4 is 10.5 Å². The molecule has 2 aliphatic carbocycles. The summed E-state index contributed by atoms with van der Waals surface area (Å²) < 4.78 is 18.8. The second-order valence-corrected chi connectivity index (χ2v) is 5.34. The first kappa shape index (κ1) is 11.0. The van der Waals surface area contributed by atoms with E-state index in [1.165, 1.54) is 37.8 Å². The predicted molar refractivity (Wildman–Crippen MR) is 64.3 cm³/mol. The molecule has 2 aliphatic rings. The van der Waals surface area contributed by atoms with Crippen LogP contribution in [0.4, 0.5) is 4.39 Å². The van der Waals surface area contributed by atoms with Crippen LogP contribution in [0.5, 0.6) is 5.75 Å². The summed E-state index contributed by atoms with van der Waals surface area (Å²) in [6.07, 6.45) is 6.04. The average Bonchev–Trinajstić information content (AvgIpc) is 2.83. The van der Waals surface area contributed by atoms with E-state index in [0.29, 0.717) is 0 Å². The minimum Gasteiger partial charge on any atom is -0.490 e. The molecule has 2 nitrogen and oxygen atoms in total. The van der Waals surface area contributed by atoms with Gasteiger partial charge in [-0.05, 0) is 37.1 Å². The van der Waals surface area contributed by atoms with Gasteiger partial charge in [0.15, 0.2) is 0 Å². The van der Waals surface area contributed by atoms with Crippen LogP contribution in [-0.2, 0) is 0 Å². The molecule has 0 bridgehead atoms. The van der Waals surface area contributed by atoms with E-state index in [0.717, 1.165) is 12.2 Å². The summed E-state index contributed by atoms with van der Waals surface area (Å²) in [4.78, 5) is 0. The van der Waals surface area contributed by atoms with E-state index in [4.69, 9.17) is 10.5 Å². The molecule has 2 unspecified atom stereocenters. The average molecular weight is 235 g/mol. The molecule has 0 heterocycles. The Morgan fingerprint density at radius 1 is 1.18 bits per heavy atom. The fourth-order valence-corrected chi connectivity index (χ4v) is 3.35. The molecule has 2 saturated carbocycles. The topological polar surface area (TPSA) is 35.2 Å². The van der Waals surface area contributed by atoms with Crippen LogP contribution in [0.25, 0.3) is 0 Å². The molecule has 2 fully saturated rings. The van der Waals surface area contributed by atoms with Gasteiger partial charge in [-0.2, -0.15) is 0 Å². The molecule has 17 heavy (non-hydrogen) atoms. The Hall–Kier alpha value is -1.09. The zero-order valence-electron chi connectivity index (χ0n) is 9.86. The smallest absolute Gasteiger partial charge is 0.123 e. The third-order valence-corrected chi connectivity index (χ3v) is 4.47. The van der Waals surface area contributed by atoms with E-state index in [9.17, 15) is 4.39 Å². The van der Waals surface area contributed by atoms with Gasteiger partial charge >= 0.3 is 0 Å². The SMILES string of the molecule is NC1CC(Oc2ccc(F)cc2)C12CCCC2. The third kappa shape index (κ3) is 1.73. The first-order valence-electron chi connectivity index (χ1n) is 6.38. The number of nitrogens with two attached hydrogens (primary N) is 1. The minimum absolute atomic E-state index is 0.203. The summed E-state index contributed by atoms with van der Waals surface area (Å²) in [6, 6.07) is 6.56. The van der Waals surface area contributed by atoms with Crippen molar-refractivity contribution in [1.29, 1.82) is 0 Å². The lowest BCUT2D eigenvalue weighted by Gasteiger charge is -2.52. The summed E-state index contributed by atoms with van der Waals surface area (Å²) in [5, 5.41) is 0. The standard InChI is InChI=1S/C14H18FNO/c15-10-3-5-11(6-4-10)17-13-9-12(16)14(13)7-1-2-8-14/h3-6,12-13H,1-2,7-9,16H2. The molecule has 2 N–H and O–H groups in total. The molecule has 0 aliphatic heterocycles. The van der Waals surface area contributed by atoms with E-state index >= 15 is 0 Å². The zero-order chi connectivity index (χ0) is 11.9. The Labute approximate surface area is 101 Å². The second kappa shape index (κ2) is 3.98. The van der Waals surface area contributed by atoms with Crippen molar-refractivity contribution in [3.8, 4) is 5.75 Å². The van der Waals surface area contributed by atoms with Gasteiger partial charge in [0.1, 0.15) is 17.7 Å². The molecule has 92 valence electrons. The summed E-state index contributed by atoms with van der Waals surface area (Å²) >= 11 is 0. The molecule has 3 heteroatoms. The lowest BCUT2D eigenvalue weighted by atomic mass is 9.61. The van der Waals surface area contributed by atoms with Crippen LogP contribution in [0.2, 0.25) is 0 Å². The van der Waals surface area contributed by atoms with Crippen LogP contribution in [0.1, 0.15) is 32.1 Å². The first-order valence-corrected chi connectivity index (χ1v) is 6.38. The molecule has 0 radical (unpaired) electrons. The Bertz CT molecular complexity index is 397. The Balaban J connectivity index is 1.72. The van der Waals surface area contributed by atoms with Crippen LogP contribution in [0.15, 0.2) is 24.3 Å². The highest BCUT2D eigenvalue weighted by Crippen LogP contribution is 2.53. The predicted octanol–water partition coefficient (Wildman–Crippen LogP) is 2.86. The maximum atomic E-state index is 12.8. The third-order valence-electron chi connectivity index (χ3n) is 4.47. The lowest BCUT2D eigenvalue weighted by Crippen LogP contribution is -2.62. The molecule has 1 spiro atoms. The second-order valence-electron chi connectivity index (χ2n) is 5.34. The van der Waals surface area contributed by atoms with E-state index in [-0.39, 0.29) is 23.4 Å². The number of hydrogen-bond acceptors (Lipinski definition) is 2. The normalized spacial score (nSPS) is 30.2. The minimum atomic E-state index is -0.224. The maximum absolute atomic E-state index is 12.8. The van der Waals surface area contributed by atoms with Gasteiger partial charge in [-0.25, -0.2) is 4.39 Å². The van der Waals surface area contributed by atoms with Crippen molar-refractivity contribution in [2.75, 3.05) is 0 Å². The van der Waals surface area contributed by atoms with Crippen LogP contribution in [0.3, 0.4) is 0 Å². The number of rotatable bonds is 2. The molecule has 0 saturated heterocycles. The van der Waals surface area contributed by atoms with E-state index in [1.807, 2.05) is 0 Å². The molecule has 1 aromatic rings. The highest BCUT2D eigenvalue weighted by atomic mass is 19.1. The van der Waals surface area contributed by atoms with Gasteiger partial charge in [0.25, 0.3) is 0 Å². The van der Waals surface area contributed by atoms with Crippen molar-refractivity contribution in [2.24, 2.45) is 11.1 Å². The molecule has 0 aromatic heterocycles. The lowest BCUT2D eigenvalue weighted by molar-refractivity contribution is -0.0620. The van der Waals surface area contributed by atoms with Gasteiger partial charge in [-0.15, -0.1) is 0 Å². The maximum Gasteiger partial charge on any atom is 0.123 e. The van der Waals surface area contributed by atoms with E-state index in [1.54, 1.807) is 12.1 Å². The molecular weight excluding hydrogens is 217 g/mol. The van der Waals surface area contributed by atoms with Crippen molar-refractivity contribution < 1.29 is 9.13 Å². The van der Waals surface area contributed by atoms with Crippen molar-refractivity contribution >= 4 is 0 Å². The van der Waals surface area contributed by atoms with Crippen molar-refractivity contribution in [1.82, 2.24) is 0 Å². The summed E-state index contributed by atoms with van der Waals surface area (Å²) in [7, 11) is 0. The van der Waals surface area contributed by atoms with Gasteiger partial charge in [0, 0.05) is 17.9 Å². The number of halogens is 1. The highest BCUT2D eigenvalue weighted by Gasteiger charge is 2.55. The number of benzene rings is 1. The van der Waals surface area contributed by atoms with Crippen LogP contribution >= 0.6 is 0 Å². The van der Waals surface area contributed by atoms with Crippen molar-refractivity contribution in [3.05, 3.63) is 30.1 Å². The molecule has 3 rings (SSSR count). The summed E-state index contributed by atoms with van der Waals surface area (Å²) in [6.45, 7) is 0. The van der Waals surface area contributed by atoms with Gasteiger partial charge in [0.05, 0.1) is 0 Å². The molecule has 2 atom stereocenters. The van der Waals surface area contributed by atoms with Crippen LogP contribution in [0, 0.1) is 11.2 Å². The fraction of sp³-hybridized carbons (Fsp3) is 0.571. The fourth-order valence-electron chi connectivity index (χ4n) is 3.35. The van der Waals surface area contributed by atoms with Gasteiger partial charge < -0.3 is 10.5 Å². The highest BCUT2D eigenvalue weighted by molar-refractivity contribution is 5.24. The largest absolute Gasteiger partial charge is 0.490 e.